The number of hydrogen-bond donors (Lipinski definition) is 1. The molecule has 0 amide bonds. The van der Waals surface area contributed by atoms with E-state index in [1.54, 1.807) is 11.3 Å². The van der Waals surface area contributed by atoms with Crippen molar-refractivity contribution in [2.75, 3.05) is 6.54 Å². The Balaban J connectivity index is 2.27. The first-order chi connectivity index (χ1) is 10.9. The van der Waals surface area contributed by atoms with Crippen LogP contribution in [0.15, 0.2) is 35.7 Å². The summed E-state index contributed by atoms with van der Waals surface area (Å²) in [7, 11) is 0. The minimum absolute atomic E-state index is 0.259. The van der Waals surface area contributed by atoms with E-state index in [0.717, 1.165) is 18.5 Å². The van der Waals surface area contributed by atoms with Gasteiger partial charge in [-0.1, -0.05) is 23.8 Å². The summed E-state index contributed by atoms with van der Waals surface area (Å²) in [5, 5.41) is 12.5. The highest BCUT2D eigenvalue weighted by atomic mass is 32.1. The summed E-state index contributed by atoms with van der Waals surface area (Å²) in [6.07, 6.45) is 1.02. The Labute approximate surface area is 144 Å². The predicted octanol–water partition coefficient (Wildman–Crippen LogP) is 5.40. The average molecular weight is 332 g/mol. The molecule has 1 aromatic heterocycles. The summed E-state index contributed by atoms with van der Waals surface area (Å²) < 4.78 is 0. The number of nitrogens with zero attached hydrogens (tertiary/aromatic N) is 1. The Bertz CT molecular complexity index is 596. The van der Waals surface area contributed by atoms with Gasteiger partial charge in [-0.2, -0.15) is 0 Å². The van der Waals surface area contributed by atoms with E-state index in [0.29, 0.717) is 17.8 Å². The largest absolute Gasteiger partial charge is 0.508 e. The molecule has 0 fully saturated rings. The van der Waals surface area contributed by atoms with Gasteiger partial charge in [-0.05, 0) is 65.1 Å². The normalized spacial score (nSPS) is 13.2. The molecule has 0 aliphatic carbocycles. The lowest BCUT2D eigenvalue weighted by Gasteiger charge is -2.32. The fourth-order valence-corrected chi connectivity index (χ4v) is 4.16. The minimum atomic E-state index is 0.259. The second-order valence-corrected chi connectivity index (χ2v) is 7.82. The third-order valence-corrected chi connectivity index (χ3v) is 5.43. The van der Waals surface area contributed by atoms with Crippen LogP contribution in [0, 0.1) is 6.92 Å². The number of thiophene rings is 1. The first-order valence-electron chi connectivity index (χ1n) is 8.48. The monoisotopic (exact) mass is 331 g/mol. The van der Waals surface area contributed by atoms with Gasteiger partial charge in [0.2, 0.25) is 0 Å². The van der Waals surface area contributed by atoms with Crippen molar-refractivity contribution in [3.63, 3.8) is 0 Å². The minimum Gasteiger partial charge on any atom is -0.508 e. The lowest BCUT2D eigenvalue weighted by atomic mass is 9.91. The smallest absolute Gasteiger partial charge is 0.119 e. The Kier molecular flexibility index (Phi) is 6.25. The summed E-state index contributed by atoms with van der Waals surface area (Å²) in [6, 6.07) is 11.3. The second-order valence-electron chi connectivity index (χ2n) is 6.84. The number of benzene rings is 1. The van der Waals surface area contributed by atoms with Crippen molar-refractivity contribution in [2.45, 2.75) is 59.0 Å². The summed E-state index contributed by atoms with van der Waals surface area (Å²) in [5.41, 5.74) is 2.25. The highest BCUT2D eigenvalue weighted by molar-refractivity contribution is 7.10. The molecular formula is C20H29NOS. The van der Waals surface area contributed by atoms with Crippen molar-refractivity contribution in [1.29, 1.82) is 0 Å². The van der Waals surface area contributed by atoms with Crippen LogP contribution in [0.4, 0.5) is 0 Å². The first-order valence-corrected chi connectivity index (χ1v) is 9.36. The summed E-state index contributed by atoms with van der Waals surface area (Å²) >= 11 is 1.78. The van der Waals surface area contributed by atoms with E-state index in [-0.39, 0.29) is 5.92 Å². The van der Waals surface area contributed by atoms with Gasteiger partial charge in [-0.15, -0.1) is 11.3 Å². The second kappa shape index (κ2) is 7.98. The zero-order valence-corrected chi connectivity index (χ0v) is 15.7. The molecule has 0 saturated carbocycles. The third-order valence-electron chi connectivity index (χ3n) is 4.45. The van der Waals surface area contributed by atoms with Crippen LogP contribution in [0.2, 0.25) is 0 Å². The van der Waals surface area contributed by atoms with Crippen molar-refractivity contribution in [1.82, 2.24) is 4.90 Å². The molecule has 23 heavy (non-hydrogen) atoms. The molecule has 1 heterocycles. The van der Waals surface area contributed by atoms with Gasteiger partial charge >= 0.3 is 0 Å². The topological polar surface area (TPSA) is 23.5 Å². The molecule has 0 saturated heterocycles. The molecule has 126 valence electrons. The Morgan fingerprint density at radius 3 is 2.35 bits per heavy atom. The van der Waals surface area contributed by atoms with Gasteiger partial charge < -0.3 is 5.11 Å². The fourth-order valence-electron chi connectivity index (χ4n) is 3.28. The Morgan fingerprint density at radius 2 is 1.78 bits per heavy atom. The van der Waals surface area contributed by atoms with Crippen molar-refractivity contribution >= 4 is 11.3 Å². The highest BCUT2D eigenvalue weighted by Gasteiger charge is 2.22. The van der Waals surface area contributed by atoms with E-state index in [4.69, 9.17) is 0 Å². The number of rotatable bonds is 7. The van der Waals surface area contributed by atoms with Crippen molar-refractivity contribution in [3.8, 4) is 5.75 Å². The zero-order valence-electron chi connectivity index (χ0n) is 14.9. The van der Waals surface area contributed by atoms with Gasteiger partial charge in [0.15, 0.2) is 0 Å². The van der Waals surface area contributed by atoms with Crippen LogP contribution in [0.5, 0.6) is 5.75 Å². The Morgan fingerprint density at radius 1 is 1.09 bits per heavy atom. The molecule has 2 rings (SSSR count). The SMILES string of the molecule is Cc1ccc(O)c([C@@H](CCN(C(C)C)C(C)C)c2cccs2)c1. The molecule has 2 nitrogen and oxygen atoms in total. The lowest BCUT2D eigenvalue weighted by molar-refractivity contribution is 0.170. The molecule has 0 radical (unpaired) electrons. The van der Waals surface area contributed by atoms with Gasteiger partial charge in [-0.25, -0.2) is 0 Å². The van der Waals surface area contributed by atoms with Crippen LogP contribution in [-0.2, 0) is 0 Å². The van der Waals surface area contributed by atoms with Gasteiger partial charge in [0.1, 0.15) is 5.75 Å². The maximum atomic E-state index is 10.4. The van der Waals surface area contributed by atoms with Crippen molar-refractivity contribution in [2.24, 2.45) is 0 Å². The fraction of sp³-hybridized carbons (Fsp3) is 0.500. The maximum Gasteiger partial charge on any atom is 0.119 e. The van der Waals surface area contributed by atoms with E-state index < -0.39 is 0 Å². The average Bonchev–Trinajstić information content (AvgIpc) is 2.99. The van der Waals surface area contributed by atoms with E-state index in [9.17, 15) is 5.11 Å². The van der Waals surface area contributed by atoms with E-state index in [1.807, 2.05) is 12.1 Å². The molecular weight excluding hydrogens is 302 g/mol. The van der Waals surface area contributed by atoms with Crippen LogP contribution >= 0.6 is 11.3 Å². The van der Waals surface area contributed by atoms with Gasteiger partial charge in [0.25, 0.3) is 0 Å². The molecule has 1 aromatic carbocycles. The van der Waals surface area contributed by atoms with Crippen molar-refractivity contribution < 1.29 is 5.11 Å². The van der Waals surface area contributed by atoms with Crippen LogP contribution in [0.3, 0.4) is 0 Å². The molecule has 2 aromatic rings. The van der Waals surface area contributed by atoms with E-state index in [1.165, 1.54) is 10.4 Å². The van der Waals surface area contributed by atoms with Gasteiger partial charge in [0.05, 0.1) is 0 Å². The molecule has 0 spiro atoms. The number of hydrogen-bond acceptors (Lipinski definition) is 3. The Hall–Kier alpha value is -1.32. The molecule has 1 atom stereocenters. The quantitative estimate of drug-likeness (QED) is 0.734. The molecule has 0 unspecified atom stereocenters. The maximum absolute atomic E-state index is 10.4. The van der Waals surface area contributed by atoms with Crippen LogP contribution in [0.1, 0.15) is 56.0 Å². The summed E-state index contributed by atoms with van der Waals surface area (Å²) in [4.78, 5) is 3.85. The lowest BCUT2D eigenvalue weighted by Crippen LogP contribution is -2.38. The van der Waals surface area contributed by atoms with Crippen LogP contribution < -0.4 is 0 Å². The number of phenols is 1. The van der Waals surface area contributed by atoms with Gasteiger partial charge in [-0.3, -0.25) is 4.90 Å². The first kappa shape index (κ1) is 18.0. The van der Waals surface area contributed by atoms with Crippen molar-refractivity contribution in [3.05, 3.63) is 51.7 Å². The molecule has 3 heteroatoms. The van der Waals surface area contributed by atoms with E-state index >= 15 is 0 Å². The number of aryl methyl sites for hydroxylation is 1. The van der Waals surface area contributed by atoms with Gasteiger partial charge in [0, 0.05) is 28.4 Å². The highest BCUT2D eigenvalue weighted by Crippen LogP contribution is 2.37. The number of aromatic hydroxyl groups is 1. The standard InChI is InChI=1S/C20H29NOS/c1-14(2)21(15(3)4)11-10-17(20-7-6-12-23-20)18-13-16(5)8-9-19(18)22/h6-9,12-15,17,22H,10-11H2,1-5H3/t17-/m1/s1. The molecule has 0 aliphatic rings. The molecule has 0 aliphatic heterocycles. The van der Waals surface area contributed by atoms with Crippen LogP contribution in [-0.4, -0.2) is 28.6 Å². The zero-order chi connectivity index (χ0) is 17.0. The van der Waals surface area contributed by atoms with Crippen LogP contribution in [0.25, 0.3) is 0 Å². The predicted molar refractivity (Wildman–Crippen MR) is 101 cm³/mol. The van der Waals surface area contributed by atoms with E-state index in [2.05, 4.69) is 63.1 Å². The summed E-state index contributed by atoms with van der Waals surface area (Å²) in [5.74, 6) is 0.671. The molecule has 1 N–H and O–H groups in total. The number of phenolic OH excluding ortho intramolecular Hbond substituents is 1. The molecule has 0 bridgehead atoms. The third kappa shape index (κ3) is 4.58. The summed E-state index contributed by atoms with van der Waals surface area (Å²) in [6.45, 7) is 12.1.